The van der Waals surface area contributed by atoms with Gasteiger partial charge in [0.15, 0.2) is 0 Å². The average Bonchev–Trinajstić information content (AvgIpc) is 2.92. The van der Waals surface area contributed by atoms with E-state index in [4.69, 9.17) is 0 Å². The van der Waals surface area contributed by atoms with Gasteiger partial charge >= 0.3 is 0 Å². The molecule has 37 heavy (non-hydrogen) atoms. The van der Waals surface area contributed by atoms with Gasteiger partial charge in [-0.2, -0.15) is 0 Å². The number of carbonyl (C=O) groups excluding carboxylic acids is 2. The van der Waals surface area contributed by atoms with Gasteiger partial charge in [-0.25, -0.2) is 4.39 Å². The van der Waals surface area contributed by atoms with Crippen molar-refractivity contribution in [3.05, 3.63) is 59.7 Å². The van der Waals surface area contributed by atoms with Crippen LogP contribution >= 0.6 is 0 Å². The number of nitrogens with zero attached hydrogens (tertiary/aromatic N) is 5. The molecular formula is C29H40FN5O2. The number of anilines is 1. The summed E-state index contributed by atoms with van der Waals surface area (Å²) in [4.78, 5) is 39.7. The molecule has 0 N–H and O–H groups in total. The summed E-state index contributed by atoms with van der Waals surface area (Å²) in [5, 5.41) is 0. The van der Waals surface area contributed by atoms with E-state index in [-0.39, 0.29) is 11.8 Å². The molecule has 3 heterocycles. The Kier molecular flexibility index (Phi) is 9.27. The summed E-state index contributed by atoms with van der Waals surface area (Å²) in [7, 11) is 2.13. The Morgan fingerprint density at radius 2 is 1.81 bits per heavy atom. The van der Waals surface area contributed by atoms with Crippen molar-refractivity contribution in [1.82, 2.24) is 19.7 Å². The Labute approximate surface area is 220 Å². The number of pyridine rings is 1. The minimum Gasteiger partial charge on any atom is -0.337 e. The number of carbonyl (C=O) groups is 2. The quantitative estimate of drug-likeness (QED) is 0.623. The van der Waals surface area contributed by atoms with Crippen LogP contribution in [0.2, 0.25) is 0 Å². The maximum absolute atomic E-state index is 14.5. The first-order valence-electron chi connectivity index (χ1n) is 13.5. The fourth-order valence-corrected chi connectivity index (χ4v) is 5.33. The second kappa shape index (κ2) is 12.6. The van der Waals surface area contributed by atoms with Gasteiger partial charge in [-0.15, -0.1) is 0 Å². The van der Waals surface area contributed by atoms with Gasteiger partial charge in [0.1, 0.15) is 11.5 Å². The van der Waals surface area contributed by atoms with Crippen LogP contribution in [0.4, 0.5) is 10.1 Å². The molecule has 2 aromatic rings. The van der Waals surface area contributed by atoms with Gasteiger partial charge < -0.3 is 14.7 Å². The Morgan fingerprint density at radius 3 is 2.51 bits per heavy atom. The number of piperidine rings is 1. The first kappa shape index (κ1) is 27.2. The zero-order chi connectivity index (χ0) is 26.4. The highest BCUT2D eigenvalue weighted by Crippen LogP contribution is 2.28. The van der Waals surface area contributed by atoms with Crippen LogP contribution < -0.4 is 4.90 Å². The molecule has 0 unspecified atom stereocenters. The SMILES string of the molecule is CC(C)N1CCCN(C(=O)c2ccccn2)c2cc(F)ccc2CN(C(=O)CC2CCN(C)CC2)CC1. The molecule has 1 aromatic heterocycles. The maximum atomic E-state index is 14.5. The van der Waals surface area contributed by atoms with Gasteiger partial charge in [-0.05, 0) is 89.0 Å². The molecule has 0 radical (unpaired) electrons. The van der Waals surface area contributed by atoms with Gasteiger partial charge in [-0.3, -0.25) is 19.5 Å². The monoisotopic (exact) mass is 509 g/mol. The first-order valence-corrected chi connectivity index (χ1v) is 13.5. The van der Waals surface area contributed by atoms with Crippen LogP contribution in [-0.2, 0) is 11.3 Å². The Hall–Kier alpha value is -2.84. The minimum absolute atomic E-state index is 0.135. The summed E-state index contributed by atoms with van der Waals surface area (Å²) < 4.78 is 14.5. The van der Waals surface area contributed by atoms with E-state index in [0.717, 1.165) is 51.0 Å². The molecule has 0 saturated carbocycles. The Balaban J connectivity index is 1.65. The van der Waals surface area contributed by atoms with E-state index < -0.39 is 5.82 Å². The second-order valence-corrected chi connectivity index (χ2v) is 10.7. The summed E-state index contributed by atoms with van der Waals surface area (Å²) in [6, 6.07) is 10.1. The second-order valence-electron chi connectivity index (χ2n) is 10.7. The molecule has 1 aromatic carbocycles. The van der Waals surface area contributed by atoms with Crippen LogP contribution in [0.3, 0.4) is 0 Å². The van der Waals surface area contributed by atoms with E-state index in [0.29, 0.717) is 49.4 Å². The molecule has 1 fully saturated rings. The summed E-state index contributed by atoms with van der Waals surface area (Å²) in [6.07, 6.45) is 4.92. The predicted octanol–water partition coefficient (Wildman–Crippen LogP) is 4.04. The average molecular weight is 510 g/mol. The van der Waals surface area contributed by atoms with Gasteiger partial charge in [0, 0.05) is 51.4 Å². The summed E-state index contributed by atoms with van der Waals surface area (Å²) in [6.45, 7) is 9.30. The molecule has 4 rings (SSSR count). The van der Waals surface area contributed by atoms with Gasteiger partial charge in [0.25, 0.3) is 5.91 Å². The van der Waals surface area contributed by atoms with Crippen molar-refractivity contribution < 1.29 is 14.0 Å². The number of hydrogen-bond donors (Lipinski definition) is 0. The van der Waals surface area contributed by atoms with Gasteiger partial charge in [-0.1, -0.05) is 12.1 Å². The lowest BCUT2D eigenvalue weighted by atomic mass is 9.93. The zero-order valence-corrected chi connectivity index (χ0v) is 22.4. The van der Waals surface area contributed by atoms with Crippen molar-refractivity contribution in [1.29, 1.82) is 0 Å². The lowest BCUT2D eigenvalue weighted by Gasteiger charge is -2.32. The highest BCUT2D eigenvalue weighted by molar-refractivity contribution is 6.05. The first-order chi connectivity index (χ1) is 17.8. The number of amides is 2. The zero-order valence-electron chi connectivity index (χ0n) is 22.4. The third kappa shape index (κ3) is 7.14. The minimum atomic E-state index is -0.402. The van der Waals surface area contributed by atoms with Crippen LogP contribution in [0.25, 0.3) is 0 Å². The van der Waals surface area contributed by atoms with Crippen molar-refractivity contribution in [3.63, 3.8) is 0 Å². The van der Waals surface area contributed by atoms with Crippen LogP contribution in [0.5, 0.6) is 0 Å². The highest BCUT2D eigenvalue weighted by Gasteiger charge is 2.27. The van der Waals surface area contributed by atoms with Crippen LogP contribution in [0.15, 0.2) is 42.6 Å². The fourth-order valence-electron chi connectivity index (χ4n) is 5.33. The van der Waals surface area contributed by atoms with Crippen molar-refractivity contribution in [2.75, 3.05) is 51.2 Å². The number of hydrogen-bond acceptors (Lipinski definition) is 5. The van der Waals surface area contributed by atoms with E-state index in [1.165, 1.54) is 12.1 Å². The van der Waals surface area contributed by atoms with E-state index in [9.17, 15) is 14.0 Å². The number of fused-ring (bicyclic) bond motifs is 1. The van der Waals surface area contributed by atoms with Gasteiger partial charge in [0.2, 0.25) is 5.91 Å². The summed E-state index contributed by atoms with van der Waals surface area (Å²) >= 11 is 0. The highest BCUT2D eigenvalue weighted by atomic mass is 19.1. The molecular weight excluding hydrogens is 469 g/mol. The van der Waals surface area contributed by atoms with Crippen LogP contribution in [-0.4, -0.2) is 83.9 Å². The number of rotatable bonds is 4. The predicted molar refractivity (Wildman–Crippen MR) is 144 cm³/mol. The van der Waals surface area contributed by atoms with Crippen molar-refractivity contribution in [2.45, 2.75) is 52.1 Å². The summed E-state index contributed by atoms with van der Waals surface area (Å²) in [5.41, 5.74) is 1.62. The van der Waals surface area contributed by atoms with Gasteiger partial charge in [0.05, 0.1) is 5.69 Å². The molecule has 0 spiro atoms. The molecule has 7 nitrogen and oxygen atoms in total. The maximum Gasteiger partial charge on any atom is 0.276 e. The molecule has 2 aliphatic rings. The van der Waals surface area contributed by atoms with E-state index in [2.05, 4.69) is 35.7 Å². The molecule has 2 aliphatic heterocycles. The molecule has 0 atom stereocenters. The summed E-state index contributed by atoms with van der Waals surface area (Å²) in [5.74, 6) is -0.138. The van der Waals surface area contributed by atoms with Crippen molar-refractivity contribution >= 4 is 17.5 Å². The molecule has 8 heteroatoms. The third-order valence-electron chi connectivity index (χ3n) is 7.70. The lowest BCUT2D eigenvalue weighted by Crippen LogP contribution is -2.42. The Bertz CT molecular complexity index is 1060. The van der Waals surface area contributed by atoms with Crippen LogP contribution in [0.1, 0.15) is 55.6 Å². The smallest absolute Gasteiger partial charge is 0.276 e. The molecule has 1 saturated heterocycles. The number of aromatic nitrogens is 1. The normalized spacial score (nSPS) is 18.9. The molecule has 200 valence electrons. The lowest BCUT2D eigenvalue weighted by molar-refractivity contribution is -0.133. The van der Waals surface area contributed by atoms with E-state index in [1.54, 1.807) is 35.4 Å². The van der Waals surface area contributed by atoms with Crippen molar-refractivity contribution in [3.8, 4) is 0 Å². The standard InChI is InChI=1S/C29H40FN5O2/c1-22(2)33-13-6-14-35(29(37)26-7-4-5-12-31-26)27-20-25(30)9-8-24(27)21-34(18-17-33)28(36)19-23-10-15-32(3)16-11-23/h4-5,7-9,12,20,22-23H,6,10-11,13-19,21H2,1-3H3. The largest absolute Gasteiger partial charge is 0.337 e. The molecule has 0 aliphatic carbocycles. The Morgan fingerprint density at radius 1 is 1.03 bits per heavy atom. The number of likely N-dealkylation sites (tertiary alicyclic amines) is 1. The van der Waals surface area contributed by atoms with E-state index in [1.807, 2.05) is 4.90 Å². The number of benzene rings is 1. The fraction of sp³-hybridized carbons (Fsp3) is 0.552. The van der Waals surface area contributed by atoms with Crippen molar-refractivity contribution in [2.24, 2.45) is 5.92 Å². The third-order valence-corrected chi connectivity index (χ3v) is 7.70. The van der Waals surface area contributed by atoms with Crippen LogP contribution in [0, 0.1) is 11.7 Å². The molecule has 2 amide bonds. The molecule has 0 bridgehead atoms. The van der Waals surface area contributed by atoms with E-state index >= 15 is 0 Å². The topological polar surface area (TPSA) is 60.0 Å². The number of halogens is 1.